The molecule has 1 rings (SSSR count). The second kappa shape index (κ2) is 9.74. The number of methoxy groups -OCH3 is 1. The fraction of sp³-hybridized carbons (Fsp3) is 0.588. The van der Waals surface area contributed by atoms with E-state index in [0.29, 0.717) is 30.9 Å². The number of rotatable bonds is 10. The topological polar surface area (TPSA) is 84.9 Å². The monoisotopic (exact) mass is 372 g/mol. The zero-order valence-electron chi connectivity index (χ0n) is 15.5. The van der Waals surface area contributed by atoms with Gasteiger partial charge in [-0.2, -0.15) is 4.31 Å². The maximum Gasteiger partial charge on any atom is 0.243 e. The van der Waals surface area contributed by atoms with E-state index in [2.05, 4.69) is 5.32 Å². The highest BCUT2D eigenvalue weighted by Crippen LogP contribution is 2.23. The van der Waals surface area contributed by atoms with E-state index >= 15 is 0 Å². The van der Waals surface area contributed by atoms with Crippen LogP contribution in [-0.2, 0) is 19.6 Å². The summed E-state index contributed by atoms with van der Waals surface area (Å²) < 4.78 is 36.7. The summed E-state index contributed by atoms with van der Waals surface area (Å²) in [7, 11) is -0.824. The first kappa shape index (κ1) is 21.4. The second-order valence-corrected chi connectivity index (χ2v) is 8.06. The summed E-state index contributed by atoms with van der Waals surface area (Å²) in [6.45, 7) is 6.42. The Labute approximate surface area is 150 Å². The zero-order chi connectivity index (χ0) is 19.0. The SMILES string of the molecule is COc1ccc(S(=O)(=O)N(C)CC(=O)NCCCOC(C)C)cc1C. The van der Waals surface area contributed by atoms with Crippen molar-refractivity contribution in [3.8, 4) is 5.75 Å². The third kappa shape index (κ3) is 6.64. The molecule has 1 aromatic rings. The Bertz CT molecular complexity index is 674. The number of nitrogens with one attached hydrogen (secondary N) is 1. The van der Waals surface area contributed by atoms with Crippen LogP contribution in [0, 0.1) is 6.92 Å². The van der Waals surface area contributed by atoms with Crippen LogP contribution in [0.15, 0.2) is 23.1 Å². The number of aryl methyl sites for hydroxylation is 1. The Kier molecular flexibility index (Phi) is 8.34. The molecule has 1 N–H and O–H groups in total. The average molecular weight is 372 g/mol. The maximum atomic E-state index is 12.6. The molecule has 0 saturated heterocycles. The van der Waals surface area contributed by atoms with Gasteiger partial charge in [0, 0.05) is 20.2 Å². The molecule has 0 fully saturated rings. The molecule has 142 valence electrons. The highest BCUT2D eigenvalue weighted by Gasteiger charge is 2.23. The van der Waals surface area contributed by atoms with Crippen LogP contribution in [0.1, 0.15) is 25.8 Å². The Hall–Kier alpha value is -1.64. The predicted molar refractivity (Wildman–Crippen MR) is 96.3 cm³/mol. The summed E-state index contributed by atoms with van der Waals surface area (Å²) in [5.74, 6) is 0.267. The van der Waals surface area contributed by atoms with Gasteiger partial charge < -0.3 is 14.8 Å². The van der Waals surface area contributed by atoms with Gasteiger partial charge in [0.1, 0.15) is 5.75 Å². The number of hydrogen-bond donors (Lipinski definition) is 1. The van der Waals surface area contributed by atoms with Crippen molar-refractivity contribution in [1.29, 1.82) is 0 Å². The fourth-order valence-corrected chi connectivity index (χ4v) is 3.37. The minimum Gasteiger partial charge on any atom is -0.496 e. The van der Waals surface area contributed by atoms with Gasteiger partial charge in [-0.05, 0) is 51.0 Å². The van der Waals surface area contributed by atoms with E-state index in [1.807, 2.05) is 13.8 Å². The van der Waals surface area contributed by atoms with Crippen molar-refractivity contribution in [2.75, 3.05) is 33.9 Å². The Balaban J connectivity index is 2.58. The van der Waals surface area contributed by atoms with Crippen LogP contribution in [0.5, 0.6) is 5.75 Å². The molecule has 0 unspecified atom stereocenters. The summed E-state index contributed by atoms with van der Waals surface area (Å²) in [5.41, 5.74) is 0.714. The molecule has 8 heteroatoms. The largest absolute Gasteiger partial charge is 0.496 e. The van der Waals surface area contributed by atoms with Crippen LogP contribution in [0.3, 0.4) is 0 Å². The van der Waals surface area contributed by atoms with Crippen molar-refractivity contribution in [2.45, 2.75) is 38.2 Å². The normalized spacial score (nSPS) is 11.8. The molecule has 25 heavy (non-hydrogen) atoms. The van der Waals surface area contributed by atoms with Gasteiger partial charge in [-0.25, -0.2) is 8.42 Å². The first-order valence-electron chi connectivity index (χ1n) is 8.17. The summed E-state index contributed by atoms with van der Waals surface area (Å²) >= 11 is 0. The third-order valence-electron chi connectivity index (χ3n) is 3.54. The van der Waals surface area contributed by atoms with Crippen LogP contribution in [0.2, 0.25) is 0 Å². The van der Waals surface area contributed by atoms with Crippen LogP contribution < -0.4 is 10.1 Å². The first-order valence-corrected chi connectivity index (χ1v) is 9.61. The van der Waals surface area contributed by atoms with Gasteiger partial charge in [0.15, 0.2) is 0 Å². The van der Waals surface area contributed by atoms with E-state index in [0.717, 1.165) is 4.31 Å². The fourth-order valence-electron chi connectivity index (χ4n) is 2.15. The number of hydrogen-bond acceptors (Lipinski definition) is 5. The summed E-state index contributed by atoms with van der Waals surface area (Å²) in [4.78, 5) is 12.0. The van der Waals surface area contributed by atoms with Crippen molar-refractivity contribution in [3.63, 3.8) is 0 Å². The smallest absolute Gasteiger partial charge is 0.243 e. The van der Waals surface area contributed by atoms with E-state index in [1.165, 1.54) is 26.3 Å². The maximum absolute atomic E-state index is 12.6. The molecule has 0 radical (unpaired) electrons. The predicted octanol–water partition coefficient (Wildman–Crippen LogP) is 1.56. The van der Waals surface area contributed by atoms with Crippen molar-refractivity contribution in [1.82, 2.24) is 9.62 Å². The average Bonchev–Trinajstić information content (AvgIpc) is 2.53. The first-order chi connectivity index (χ1) is 11.7. The molecule has 1 amide bonds. The lowest BCUT2D eigenvalue weighted by Crippen LogP contribution is -2.38. The number of sulfonamides is 1. The van der Waals surface area contributed by atoms with E-state index in [1.54, 1.807) is 13.0 Å². The number of carbonyl (C=O) groups excluding carboxylic acids is 1. The Morgan fingerprint density at radius 3 is 2.56 bits per heavy atom. The lowest BCUT2D eigenvalue weighted by atomic mass is 10.2. The summed E-state index contributed by atoms with van der Waals surface area (Å²) in [6, 6.07) is 4.61. The van der Waals surface area contributed by atoms with Crippen molar-refractivity contribution >= 4 is 15.9 Å². The van der Waals surface area contributed by atoms with E-state index in [9.17, 15) is 13.2 Å². The molecular formula is C17H28N2O5S. The molecule has 7 nitrogen and oxygen atoms in total. The molecule has 0 aliphatic heterocycles. The highest BCUT2D eigenvalue weighted by molar-refractivity contribution is 7.89. The molecule has 0 bridgehead atoms. The number of carbonyl (C=O) groups is 1. The molecule has 0 aromatic heterocycles. The van der Waals surface area contributed by atoms with E-state index in [4.69, 9.17) is 9.47 Å². The minimum atomic E-state index is -3.74. The van der Waals surface area contributed by atoms with Gasteiger partial charge in [0.2, 0.25) is 15.9 Å². The minimum absolute atomic E-state index is 0.131. The van der Waals surface area contributed by atoms with Crippen LogP contribution in [0.25, 0.3) is 0 Å². The van der Waals surface area contributed by atoms with Crippen molar-refractivity contribution < 1.29 is 22.7 Å². The molecule has 0 atom stereocenters. The Morgan fingerprint density at radius 1 is 1.32 bits per heavy atom. The number of ether oxygens (including phenoxy) is 2. The van der Waals surface area contributed by atoms with E-state index in [-0.39, 0.29) is 23.5 Å². The molecular weight excluding hydrogens is 344 g/mol. The number of nitrogens with zero attached hydrogens (tertiary/aromatic N) is 1. The molecule has 0 spiro atoms. The Morgan fingerprint density at radius 2 is 2.00 bits per heavy atom. The number of amides is 1. The lowest BCUT2D eigenvalue weighted by molar-refractivity contribution is -0.121. The third-order valence-corrected chi connectivity index (χ3v) is 5.33. The van der Waals surface area contributed by atoms with Gasteiger partial charge in [-0.3, -0.25) is 4.79 Å². The van der Waals surface area contributed by atoms with E-state index < -0.39 is 10.0 Å². The summed E-state index contributed by atoms with van der Waals surface area (Å²) in [5, 5.41) is 2.70. The summed E-state index contributed by atoms with van der Waals surface area (Å²) in [6.07, 6.45) is 0.831. The molecule has 0 heterocycles. The van der Waals surface area contributed by atoms with Crippen LogP contribution >= 0.6 is 0 Å². The number of likely N-dealkylation sites (N-methyl/N-ethyl adjacent to an activating group) is 1. The van der Waals surface area contributed by atoms with Gasteiger partial charge >= 0.3 is 0 Å². The second-order valence-electron chi connectivity index (χ2n) is 6.02. The van der Waals surface area contributed by atoms with Gasteiger partial charge in [-0.15, -0.1) is 0 Å². The van der Waals surface area contributed by atoms with Crippen molar-refractivity contribution in [2.24, 2.45) is 0 Å². The van der Waals surface area contributed by atoms with Crippen molar-refractivity contribution in [3.05, 3.63) is 23.8 Å². The zero-order valence-corrected chi connectivity index (χ0v) is 16.4. The molecule has 1 aromatic carbocycles. The molecule has 0 saturated carbocycles. The molecule has 0 aliphatic carbocycles. The van der Waals surface area contributed by atoms with Gasteiger partial charge in [0.05, 0.1) is 24.7 Å². The molecule has 0 aliphatic rings. The lowest BCUT2D eigenvalue weighted by Gasteiger charge is -2.18. The highest BCUT2D eigenvalue weighted by atomic mass is 32.2. The van der Waals surface area contributed by atoms with Gasteiger partial charge in [-0.1, -0.05) is 0 Å². The standard InChI is InChI=1S/C17H28N2O5S/c1-13(2)24-10-6-9-18-17(20)12-19(4)25(21,22)15-7-8-16(23-5)14(3)11-15/h7-8,11,13H,6,9-10,12H2,1-5H3,(H,18,20). The number of benzene rings is 1. The van der Waals surface area contributed by atoms with Crippen LogP contribution in [-0.4, -0.2) is 58.6 Å². The quantitative estimate of drug-likeness (QED) is 0.630. The van der Waals surface area contributed by atoms with Crippen LogP contribution in [0.4, 0.5) is 0 Å². The van der Waals surface area contributed by atoms with Gasteiger partial charge in [0.25, 0.3) is 0 Å².